The van der Waals surface area contributed by atoms with Crippen molar-refractivity contribution in [1.29, 1.82) is 0 Å². The van der Waals surface area contributed by atoms with Gasteiger partial charge in [-0.2, -0.15) is 8.78 Å². The maximum Gasteiger partial charge on any atom is 0.387 e. The van der Waals surface area contributed by atoms with E-state index < -0.39 is 6.61 Å². The number of carbonyl (C=O) groups is 1. The van der Waals surface area contributed by atoms with Crippen LogP contribution < -0.4 is 10.1 Å². The lowest BCUT2D eigenvalue weighted by Gasteiger charge is -2.21. The van der Waals surface area contributed by atoms with E-state index in [1.165, 1.54) is 6.07 Å². The molecule has 1 amide bonds. The van der Waals surface area contributed by atoms with E-state index in [2.05, 4.69) is 15.0 Å². The van der Waals surface area contributed by atoms with E-state index in [9.17, 15) is 13.6 Å². The molecule has 1 atom stereocenters. The van der Waals surface area contributed by atoms with Crippen LogP contribution in [0.1, 0.15) is 37.8 Å². The Balaban J connectivity index is 1.51. The highest BCUT2D eigenvalue weighted by atomic mass is 19.3. The number of aromatic nitrogens is 1. The quantitative estimate of drug-likeness (QED) is 0.826. The first-order valence-electron chi connectivity index (χ1n) is 9.91. The lowest BCUT2D eigenvalue weighted by atomic mass is 10.1. The molecule has 2 aliphatic rings. The normalized spacial score (nSPS) is 20.3. The van der Waals surface area contributed by atoms with Crippen molar-refractivity contribution in [2.24, 2.45) is 5.92 Å². The molecule has 5 nitrogen and oxygen atoms in total. The van der Waals surface area contributed by atoms with Crippen LogP contribution in [-0.2, 0) is 4.79 Å². The van der Waals surface area contributed by atoms with Gasteiger partial charge in [0.05, 0.1) is 5.52 Å². The Morgan fingerprint density at radius 1 is 1.25 bits per heavy atom. The van der Waals surface area contributed by atoms with Crippen molar-refractivity contribution in [3.8, 4) is 5.75 Å². The lowest BCUT2D eigenvalue weighted by Crippen LogP contribution is -2.35. The van der Waals surface area contributed by atoms with Gasteiger partial charge in [-0.15, -0.1) is 0 Å². The maximum atomic E-state index is 12.7. The van der Waals surface area contributed by atoms with E-state index in [1.807, 2.05) is 17.9 Å². The monoisotopic (exact) mass is 389 g/mol. The van der Waals surface area contributed by atoms with Crippen molar-refractivity contribution < 1.29 is 18.3 Å². The van der Waals surface area contributed by atoms with Crippen LogP contribution in [0.4, 0.5) is 14.5 Å². The van der Waals surface area contributed by atoms with Gasteiger partial charge >= 0.3 is 6.61 Å². The summed E-state index contributed by atoms with van der Waals surface area (Å²) in [7, 11) is 0. The molecule has 28 heavy (non-hydrogen) atoms. The standard InChI is InChI=1S/C21H25F2N3O2/c1-13-10-19(17-11-16(28-21(22)23)6-7-18(17)24-13)25-15-8-9-26(12-15)20(27)14-4-2-3-5-14/h6-7,10-11,14-15,21H,2-5,8-9,12H2,1H3,(H,24,25). The summed E-state index contributed by atoms with van der Waals surface area (Å²) in [5.74, 6) is 0.586. The first-order chi connectivity index (χ1) is 13.5. The molecule has 150 valence electrons. The zero-order valence-electron chi connectivity index (χ0n) is 16.0. The van der Waals surface area contributed by atoms with Gasteiger partial charge in [0.1, 0.15) is 5.75 Å². The number of carbonyl (C=O) groups excluding carboxylic acids is 1. The SMILES string of the molecule is Cc1cc(NC2CCN(C(=O)C3CCCC3)C2)c2cc(OC(F)F)ccc2n1. The largest absolute Gasteiger partial charge is 0.435 e. The van der Waals surface area contributed by atoms with Crippen LogP contribution in [0.2, 0.25) is 0 Å². The number of hydrogen-bond acceptors (Lipinski definition) is 4. The summed E-state index contributed by atoms with van der Waals surface area (Å²) in [6.07, 6.45) is 5.19. The molecule has 0 bridgehead atoms. The highest BCUT2D eigenvalue weighted by molar-refractivity contribution is 5.92. The van der Waals surface area contributed by atoms with E-state index in [0.717, 1.165) is 60.9 Å². The van der Waals surface area contributed by atoms with E-state index in [0.29, 0.717) is 6.54 Å². The zero-order chi connectivity index (χ0) is 19.7. The number of likely N-dealkylation sites (tertiary alicyclic amines) is 1. The zero-order valence-corrected chi connectivity index (χ0v) is 16.0. The van der Waals surface area contributed by atoms with Gasteiger partial charge < -0.3 is 15.0 Å². The van der Waals surface area contributed by atoms with Gasteiger partial charge in [-0.1, -0.05) is 12.8 Å². The summed E-state index contributed by atoms with van der Waals surface area (Å²) in [6.45, 7) is 0.469. The summed E-state index contributed by atoms with van der Waals surface area (Å²) < 4.78 is 29.7. The van der Waals surface area contributed by atoms with Crippen LogP contribution in [-0.4, -0.2) is 41.5 Å². The van der Waals surface area contributed by atoms with Crippen molar-refractivity contribution in [2.75, 3.05) is 18.4 Å². The van der Waals surface area contributed by atoms with Gasteiger partial charge in [0.25, 0.3) is 0 Å². The summed E-state index contributed by atoms with van der Waals surface area (Å²) in [4.78, 5) is 19.1. The minimum absolute atomic E-state index is 0.112. The number of benzene rings is 1. The van der Waals surface area contributed by atoms with Gasteiger partial charge in [-0.25, -0.2) is 0 Å². The number of halogens is 2. The van der Waals surface area contributed by atoms with Crippen molar-refractivity contribution >= 4 is 22.5 Å². The number of ether oxygens (including phenoxy) is 1. The second kappa shape index (κ2) is 7.89. The Bertz CT molecular complexity index is 868. The highest BCUT2D eigenvalue weighted by Gasteiger charge is 2.32. The average Bonchev–Trinajstić information content (AvgIpc) is 3.33. The Hall–Kier alpha value is -2.44. The summed E-state index contributed by atoms with van der Waals surface area (Å²) in [6, 6.07) is 6.83. The van der Waals surface area contributed by atoms with Gasteiger partial charge in [-0.3, -0.25) is 9.78 Å². The minimum Gasteiger partial charge on any atom is -0.435 e. The second-order valence-electron chi connectivity index (χ2n) is 7.76. The van der Waals surface area contributed by atoms with Gasteiger partial charge in [0.15, 0.2) is 0 Å². The number of amides is 1. The third-order valence-electron chi connectivity index (χ3n) is 5.70. The van der Waals surface area contributed by atoms with Crippen LogP contribution in [0.3, 0.4) is 0 Å². The van der Waals surface area contributed by atoms with E-state index >= 15 is 0 Å². The van der Waals surface area contributed by atoms with Crippen molar-refractivity contribution in [3.05, 3.63) is 30.0 Å². The molecule has 4 rings (SSSR count). The number of anilines is 1. The number of pyridine rings is 1. The minimum atomic E-state index is -2.86. The fourth-order valence-electron chi connectivity index (χ4n) is 4.36. The number of rotatable bonds is 5. The van der Waals surface area contributed by atoms with Crippen molar-refractivity contribution in [1.82, 2.24) is 9.88 Å². The highest BCUT2D eigenvalue weighted by Crippen LogP contribution is 2.31. The predicted octanol–water partition coefficient (Wildman–Crippen LogP) is 4.35. The fourth-order valence-corrected chi connectivity index (χ4v) is 4.36. The van der Waals surface area contributed by atoms with Crippen LogP contribution in [0, 0.1) is 12.8 Å². The number of fused-ring (bicyclic) bond motifs is 1. The molecule has 1 saturated carbocycles. The third kappa shape index (κ3) is 4.03. The third-order valence-corrected chi connectivity index (χ3v) is 5.70. The first-order valence-corrected chi connectivity index (χ1v) is 9.91. The second-order valence-corrected chi connectivity index (χ2v) is 7.76. The maximum absolute atomic E-state index is 12.7. The molecule has 0 radical (unpaired) electrons. The number of hydrogen-bond donors (Lipinski definition) is 1. The summed E-state index contributed by atoms with van der Waals surface area (Å²) in [5, 5.41) is 4.24. The molecule has 2 heterocycles. The molecule has 1 aliphatic heterocycles. The number of nitrogens with zero attached hydrogens (tertiary/aromatic N) is 2. The Labute approximate surface area is 163 Å². The number of aryl methyl sites for hydroxylation is 1. The van der Waals surface area contributed by atoms with E-state index in [-0.39, 0.29) is 23.6 Å². The van der Waals surface area contributed by atoms with Gasteiger partial charge in [0.2, 0.25) is 5.91 Å². The predicted molar refractivity (Wildman–Crippen MR) is 104 cm³/mol. The number of nitrogens with one attached hydrogen (secondary N) is 1. The van der Waals surface area contributed by atoms with E-state index in [1.54, 1.807) is 12.1 Å². The molecule has 7 heteroatoms. The average molecular weight is 389 g/mol. The van der Waals surface area contributed by atoms with Gasteiger partial charge in [0, 0.05) is 41.8 Å². The summed E-state index contributed by atoms with van der Waals surface area (Å²) >= 11 is 0. The Kier molecular flexibility index (Phi) is 5.33. The fraction of sp³-hybridized carbons (Fsp3) is 0.524. The molecule has 1 aliphatic carbocycles. The Morgan fingerprint density at radius 3 is 2.79 bits per heavy atom. The number of alkyl halides is 2. The van der Waals surface area contributed by atoms with Crippen LogP contribution >= 0.6 is 0 Å². The lowest BCUT2D eigenvalue weighted by molar-refractivity contribution is -0.134. The smallest absolute Gasteiger partial charge is 0.387 e. The molecule has 1 saturated heterocycles. The molecule has 1 N–H and O–H groups in total. The Morgan fingerprint density at radius 2 is 2.04 bits per heavy atom. The van der Waals surface area contributed by atoms with Crippen molar-refractivity contribution in [3.63, 3.8) is 0 Å². The topological polar surface area (TPSA) is 54.5 Å². The summed E-state index contributed by atoms with van der Waals surface area (Å²) in [5.41, 5.74) is 2.40. The van der Waals surface area contributed by atoms with Crippen LogP contribution in [0.15, 0.2) is 24.3 Å². The van der Waals surface area contributed by atoms with Crippen LogP contribution in [0.25, 0.3) is 10.9 Å². The van der Waals surface area contributed by atoms with E-state index in [4.69, 9.17) is 0 Å². The molecule has 1 aromatic heterocycles. The van der Waals surface area contributed by atoms with Crippen LogP contribution in [0.5, 0.6) is 5.75 Å². The molecule has 2 fully saturated rings. The molecular weight excluding hydrogens is 364 g/mol. The molecule has 2 aromatic rings. The van der Waals surface area contributed by atoms with Crippen molar-refractivity contribution in [2.45, 2.75) is 51.7 Å². The van der Waals surface area contributed by atoms with Gasteiger partial charge in [-0.05, 0) is 50.5 Å². The molecule has 1 unspecified atom stereocenters. The molecule has 1 aromatic carbocycles. The molecule has 0 spiro atoms. The first kappa shape index (κ1) is 18.9. The molecular formula is C21H25F2N3O2.